The van der Waals surface area contributed by atoms with Crippen LogP contribution in [0.3, 0.4) is 0 Å². The summed E-state index contributed by atoms with van der Waals surface area (Å²) in [5, 5.41) is 2.92. The van der Waals surface area contributed by atoms with E-state index in [0.29, 0.717) is 17.1 Å². The Morgan fingerprint density at radius 1 is 1.00 bits per heavy atom. The number of ether oxygens (including phenoxy) is 2. The number of amides is 1. The fourth-order valence-corrected chi connectivity index (χ4v) is 2.06. The molecule has 0 aromatic heterocycles. The quantitative estimate of drug-likeness (QED) is 0.934. The molecule has 0 unspecified atom stereocenters. The van der Waals surface area contributed by atoms with Gasteiger partial charge in [0.1, 0.15) is 0 Å². The van der Waals surface area contributed by atoms with Crippen LogP contribution < -0.4 is 14.8 Å². The van der Waals surface area contributed by atoms with E-state index >= 15 is 0 Å². The molecule has 0 radical (unpaired) electrons. The number of carbonyl (C=O) groups is 1. The number of rotatable bonds is 4. The highest BCUT2D eigenvalue weighted by Gasteiger charge is 2.12. The predicted molar refractivity (Wildman–Crippen MR) is 83.4 cm³/mol. The van der Waals surface area contributed by atoms with Crippen LogP contribution in [0.5, 0.6) is 11.5 Å². The lowest BCUT2D eigenvalue weighted by molar-refractivity contribution is 0.102. The maximum Gasteiger partial charge on any atom is 0.255 e. The number of methoxy groups -OCH3 is 2. The van der Waals surface area contributed by atoms with Crippen molar-refractivity contribution in [3.8, 4) is 11.5 Å². The van der Waals surface area contributed by atoms with Crippen molar-refractivity contribution < 1.29 is 14.3 Å². The van der Waals surface area contributed by atoms with Gasteiger partial charge >= 0.3 is 0 Å². The smallest absolute Gasteiger partial charge is 0.255 e. The van der Waals surface area contributed by atoms with E-state index in [9.17, 15) is 4.79 Å². The molecule has 2 aromatic carbocycles. The minimum absolute atomic E-state index is 0.176. The van der Waals surface area contributed by atoms with Crippen LogP contribution in [0.1, 0.15) is 21.5 Å². The SMILES string of the molecule is COc1ccc(C(=O)Nc2cccc(C)c2C)cc1OC. The van der Waals surface area contributed by atoms with Crippen molar-refractivity contribution in [3.63, 3.8) is 0 Å². The van der Waals surface area contributed by atoms with E-state index in [1.807, 2.05) is 32.0 Å². The summed E-state index contributed by atoms with van der Waals surface area (Å²) >= 11 is 0. The molecule has 0 bridgehead atoms. The van der Waals surface area contributed by atoms with E-state index in [0.717, 1.165) is 16.8 Å². The highest BCUT2D eigenvalue weighted by molar-refractivity contribution is 6.05. The van der Waals surface area contributed by atoms with Gasteiger partial charge in [0.25, 0.3) is 5.91 Å². The van der Waals surface area contributed by atoms with Gasteiger partial charge in [-0.05, 0) is 49.2 Å². The lowest BCUT2D eigenvalue weighted by Crippen LogP contribution is -2.13. The van der Waals surface area contributed by atoms with Gasteiger partial charge in [0.15, 0.2) is 11.5 Å². The van der Waals surface area contributed by atoms with Gasteiger partial charge in [-0.1, -0.05) is 12.1 Å². The molecule has 0 aliphatic carbocycles. The lowest BCUT2D eigenvalue weighted by atomic mass is 10.1. The zero-order chi connectivity index (χ0) is 15.4. The van der Waals surface area contributed by atoms with Crippen molar-refractivity contribution in [2.45, 2.75) is 13.8 Å². The molecule has 0 atom stereocenters. The first-order valence-corrected chi connectivity index (χ1v) is 6.66. The molecular weight excluding hydrogens is 266 g/mol. The Balaban J connectivity index is 2.26. The van der Waals surface area contributed by atoms with Gasteiger partial charge in [-0.25, -0.2) is 0 Å². The van der Waals surface area contributed by atoms with Gasteiger partial charge in [-0.15, -0.1) is 0 Å². The molecule has 0 saturated carbocycles. The van der Waals surface area contributed by atoms with Gasteiger partial charge in [0.2, 0.25) is 0 Å². The summed E-state index contributed by atoms with van der Waals surface area (Å²) < 4.78 is 10.4. The van der Waals surface area contributed by atoms with Crippen molar-refractivity contribution in [2.24, 2.45) is 0 Å². The minimum Gasteiger partial charge on any atom is -0.493 e. The molecule has 1 N–H and O–H groups in total. The van der Waals surface area contributed by atoms with Crippen molar-refractivity contribution in [3.05, 3.63) is 53.1 Å². The number of nitrogens with one attached hydrogen (secondary N) is 1. The second-order valence-electron chi connectivity index (χ2n) is 4.77. The zero-order valence-electron chi connectivity index (χ0n) is 12.7. The maximum atomic E-state index is 12.3. The monoisotopic (exact) mass is 285 g/mol. The van der Waals surface area contributed by atoms with Gasteiger partial charge < -0.3 is 14.8 Å². The first-order chi connectivity index (χ1) is 10.1. The standard InChI is InChI=1S/C17H19NO3/c1-11-6-5-7-14(12(11)2)18-17(19)13-8-9-15(20-3)16(10-13)21-4/h5-10H,1-4H3,(H,18,19). The minimum atomic E-state index is -0.176. The average molecular weight is 285 g/mol. The molecule has 0 aliphatic heterocycles. The van der Waals surface area contributed by atoms with Crippen LogP contribution in [-0.4, -0.2) is 20.1 Å². The third kappa shape index (κ3) is 3.16. The third-order valence-electron chi connectivity index (χ3n) is 3.50. The summed E-state index contributed by atoms with van der Waals surface area (Å²) in [6.45, 7) is 4.00. The molecule has 21 heavy (non-hydrogen) atoms. The number of benzene rings is 2. The summed E-state index contributed by atoms with van der Waals surface area (Å²) in [4.78, 5) is 12.3. The van der Waals surface area contributed by atoms with Crippen molar-refractivity contribution >= 4 is 11.6 Å². The Hall–Kier alpha value is -2.49. The van der Waals surface area contributed by atoms with Gasteiger partial charge in [-0.3, -0.25) is 4.79 Å². The van der Waals surface area contributed by atoms with Crippen LogP contribution in [0.2, 0.25) is 0 Å². The molecular formula is C17H19NO3. The Labute approximate surface area is 124 Å². The molecule has 1 amide bonds. The molecule has 2 aromatic rings. The molecule has 0 fully saturated rings. The fraction of sp³-hybridized carbons (Fsp3) is 0.235. The summed E-state index contributed by atoms with van der Waals surface area (Å²) in [6.07, 6.45) is 0. The molecule has 0 heterocycles. The number of carbonyl (C=O) groups excluding carboxylic acids is 1. The summed E-state index contributed by atoms with van der Waals surface area (Å²) in [5.74, 6) is 0.955. The molecule has 4 heteroatoms. The number of hydrogen-bond donors (Lipinski definition) is 1. The van der Waals surface area contributed by atoms with Crippen molar-refractivity contribution in [1.29, 1.82) is 0 Å². The van der Waals surface area contributed by atoms with Crippen LogP contribution in [0.25, 0.3) is 0 Å². The summed E-state index contributed by atoms with van der Waals surface area (Å²) in [7, 11) is 3.11. The molecule has 2 rings (SSSR count). The Morgan fingerprint density at radius 3 is 2.38 bits per heavy atom. The van der Waals surface area contributed by atoms with Gasteiger partial charge in [-0.2, -0.15) is 0 Å². The normalized spacial score (nSPS) is 10.1. The second kappa shape index (κ2) is 6.31. The highest BCUT2D eigenvalue weighted by atomic mass is 16.5. The number of hydrogen-bond acceptors (Lipinski definition) is 3. The molecule has 4 nitrogen and oxygen atoms in total. The van der Waals surface area contributed by atoms with Crippen LogP contribution in [0, 0.1) is 13.8 Å². The van der Waals surface area contributed by atoms with Crippen LogP contribution in [-0.2, 0) is 0 Å². The highest BCUT2D eigenvalue weighted by Crippen LogP contribution is 2.28. The second-order valence-corrected chi connectivity index (χ2v) is 4.77. The lowest BCUT2D eigenvalue weighted by Gasteiger charge is -2.12. The Kier molecular flexibility index (Phi) is 4.48. The van der Waals surface area contributed by atoms with E-state index in [-0.39, 0.29) is 5.91 Å². The topological polar surface area (TPSA) is 47.6 Å². The Bertz CT molecular complexity index is 665. The maximum absolute atomic E-state index is 12.3. The van der Waals surface area contributed by atoms with E-state index in [1.165, 1.54) is 0 Å². The molecule has 0 aliphatic rings. The first kappa shape index (κ1) is 14.9. The van der Waals surface area contributed by atoms with Crippen molar-refractivity contribution in [2.75, 3.05) is 19.5 Å². The first-order valence-electron chi connectivity index (χ1n) is 6.66. The van der Waals surface area contributed by atoms with Crippen molar-refractivity contribution in [1.82, 2.24) is 0 Å². The number of aryl methyl sites for hydroxylation is 1. The molecule has 0 spiro atoms. The predicted octanol–water partition coefficient (Wildman–Crippen LogP) is 3.57. The summed E-state index contributed by atoms with van der Waals surface area (Å²) in [5.41, 5.74) is 3.54. The van der Waals surface area contributed by atoms with Gasteiger partial charge in [0.05, 0.1) is 14.2 Å². The van der Waals surface area contributed by atoms with E-state index in [4.69, 9.17) is 9.47 Å². The Morgan fingerprint density at radius 2 is 1.71 bits per heavy atom. The average Bonchev–Trinajstić information content (AvgIpc) is 2.51. The number of anilines is 1. The van der Waals surface area contributed by atoms with E-state index in [2.05, 4.69) is 5.32 Å². The molecule has 0 saturated heterocycles. The van der Waals surface area contributed by atoms with E-state index < -0.39 is 0 Å². The largest absolute Gasteiger partial charge is 0.493 e. The van der Waals surface area contributed by atoms with Gasteiger partial charge in [0, 0.05) is 11.3 Å². The fourth-order valence-electron chi connectivity index (χ4n) is 2.06. The van der Waals surface area contributed by atoms with E-state index in [1.54, 1.807) is 32.4 Å². The van der Waals surface area contributed by atoms with Crippen LogP contribution in [0.4, 0.5) is 5.69 Å². The van der Waals surface area contributed by atoms with Crippen LogP contribution >= 0.6 is 0 Å². The molecule has 110 valence electrons. The summed E-state index contributed by atoms with van der Waals surface area (Å²) in [6, 6.07) is 10.9. The zero-order valence-corrected chi connectivity index (χ0v) is 12.7. The van der Waals surface area contributed by atoms with Crippen LogP contribution in [0.15, 0.2) is 36.4 Å². The third-order valence-corrected chi connectivity index (χ3v) is 3.50.